The lowest BCUT2D eigenvalue weighted by Crippen LogP contribution is -2.12. The van der Waals surface area contributed by atoms with Gasteiger partial charge in [0.1, 0.15) is 6.26 Å². The molecule has 1 aromatic carbocycles. The Balaban J connectivity index is 2.31. The number of hydrogen-bond donors (Lipinski definition) is 1. The van der Waals surface area contributed by atoms with Crippen LogP contribution in [0.15, 0.2) is 39.0 Å². The van der Waals surface area contributed by atoms with Gasteiger partial charge in [-0.05, 0) is 49.3 Å². The third-order valence-corrected chi connectivity index (χ3v) is 3.46. The molecule has 1 aromatic heterocycles. The van der Waals surface area contributed by atoms with Gasteiger partial charge in [0.2, 0.25) is 0 Å². The minimum atomic E-state index is -4.40. The van der Waals surface area contributed by atoms with Gasteiger partial charge in [-0.25, -0.2) is 4.98 Å². The average Bonchev–Trinajstić information content (AvgIpc) is 2.76. The highest BCUT2D eigenvalue weighted by molar-refractivity contribution is 7.99. The van der Waals surface area contributed by atoms with E-state index in [0.717, 1.165) is 17.8 Å². The maximum atomic E-state index is 13.0. The van der Waals surface area contributed by atoms with Gasteiger partial charge < -0.3 is 10.2 Å². The highest BCUT2D eigenvalue weighted by Gasteiger charge is 2.33. The number of halogens is 3. The van der Waals surface area contributed by atoms with E-state index in [1.54, 1.807) is 13.0 Å². The smallest absolute Gasteiger partial charge is 0.416 e. The first-order valence-electron chi connectivity index (χ1n) is 5.90. The zero-order chi connectivity index (χ0) is 14.8. The Labute approximate surface area is 118 Å². The molecule has 108 valence electrons. The zero-order valence-corrected chi connectivity index (χ0v) is 11.5. The molecule has 0 spiro atoms. The Morgan fingerprint density at radius 3 is 2.65 bits per heavy atom. The van der Waals surface area contributed by atoms with Crippen molar-refractivity contribution in [1.29, 1.82) is 0 Å². The molecular weight excluding hydrogens is 289 g/mol. The van der Waals surface area contributed by atoms with E-state index in [1.165, 1.54) is 12.3 Å². The second kappa shape index (κ2) is 5.88. The van der Waals surface area contributed by atoms with Gasteiger partial charge in [-0.15, -0.1) is 0 Å². The van der Waals surface area contributed by atoms with Crippen molar-refractivity contribution in [2.24, 2.45) is 5.73 Å². The predicted molar refractivity (Wildman–Crippen MR) is 69.6 cm³/mol. The number of aromatic nitrogens is 1. The van der Waals surface area contributed by atoms with Crippen molar-refractivity contribution < 1.29 is 17.6 Å². The summed E-state index contributed by atoms with van der Waals surface area (Å²) in [5, 5.41) is 0.321. The molecule has 0 amide bonds. The number of nitrogens with zero attached hydrogens (tertiary/aromatic N) is 1. The fourth-order valence-corrected chi connectivity index (χ4v) is 2.54. The molecule has 7 heteroatoms. The number of hydrogen-bond acceptors (Lipinski definition) is 4. The molecule has 0 atom stereocenters. The molecule has 20 heavy (non-hydrogen) atoms. The summed E-state index contributed by atoms with van der Waals surface area (Å²) in [4.78, 5) is 4.48. The van der Waals surface area contributed by atoms with E-state index in [2.05, 4.69) is 4.98 Å². The Kier molecular flexibility index (Phi) is 4.39. The van der Waals surface area contributed by atoms with Crippen LogP contribution < -0.4 is 5.73 Å². The molecule has 0 aliphatic carbocycles. The van der Waals surface area contributed by atoms with E-state index in [-0.39, 0.29) is 18.5 Å². The number of aryl methyl sites for hydroxylation is 1. The topological polar surface area (TPSA) is 52.0 Å². The summed E-state index contributed by atoms with van der Waals surface area (Å²) in [5.41, 5.74) is 5.57. The van der Waals surface area contributed by atoms with Gasteiger partial charge in [-0.1, -0.05) is 6.07 Å². The quantitative estimate of drug-likeness (QED) is 0.936. The molecule has 2 aromatic rings. The molecule has 2 rings (SSSR count). The first-order valence-corrected chi connectivity index (χ1v) is 6.72. The Morgan fingerprint density at radius 1 is 1.35 bits per heavy atom. The second-order valence-electron chi connectivity index (χ2n) is 4.21. The van der Waals surface area contributed by atoms with E-state index in [1.807, 2.05) is 0 Å². The summed E-state index contributed by atoms with van der Waals surface area (Å²) in [6.07, 6.45) is -2.75. The maximum absolute atomic E-state index is 13.0. The van der Waals surface area contributed by atoms with Crippen molar-refractivity contribution in [3.8, 4) is 0 Å². The van der Waals surface area contributed by atoms with Crippen molar-refractivity contribution >= 4 is 11.8 Å². The average molecular weight is 302 g/mol. The number of nitrogens with two attached hydrogens (primary N) is 1. The van der Waals surface area contributed by atoms with Crippen LogP contribution in [0.25, 0.3) is 0 Å². The van der Waals surface area contributed by atoms with Crippen molar-refractivity contribution in [1.82, 2.24) is 4.98 Å². The van der Waals surface area contributed by atoms with Crippen LogP contribution in [0.1, 0.15) is 16.8 Å². The van der Waals surface area contributed by atoms with E-state index in [0.29, 0.717) is 15.8 Å². The number of rotatable bonds is 4. The van der Waals surface area contributed by atoms with Crippen LogP contribution in [0.2, 0.25) is 0 Å². The molecule has 0 aliphatic heterocycles. The van der Waals surface area contributed by atoms with Gasteiger partial charge in [-0.2, -0.15) is 13.2 Å². The first kappa shape index (κ1) is 14.9. The van der Waals surface area contributed by atoms with Crippen LogP contribution in [0.5, 0.6) is 0 Å². The minimum Gasteiger partial charge on any atom is -0.439 e. The lowest BCUT2D eigenvalue weighted by Gasteiger charge is -2.13. The summed E-state index contributed by atoms with van der Waals surface area (Å²) < 4.78 is 44.1. The molecule has 0 saturated carbocycles. The van der Waals surface area contributed by atoms with E-state index >= 15 is 0 Å². The second-order valence-corrected chi connectivity index (χ2v) is 5.24. The van der Waals surface area contributed by atoms with E-state index < -0.39 is 11.7 Å². The minimum absolute atomic E-state index is 0.175. The summed E-state index contributed by atoms with van der Waals surface area (Å²) >= 11 is 1.06. The molecule has 0 bridgehead atoms. The number of alkyl halides is 3. The van der Waals surface area contributed by atoms with Gasteiger partial charge in [0.25, 0.3) is 5.22 Å². The zero-order valence-electron chi connectivity index (χ0n) is 10.7. The molecule has 0 unspecified atom stereocenters. The highest BCUT2D eigenvalue weighted by atomic mass is 32.2. The third kappa shape index (κ3) is 3.55. The van der Waals surface area contributed by atoms with Crippen LogP contribution in [0.4, 0.5) is 13.2 Å². The van der Waals surface area contributed by atoms with Crippen LogP contribution in [0, 0.1) is 6.92 Å². The van der Waals surface area contributed by atoms with Crippen molar-refractivity contribution in [3.63, 3.8) is 0 Å². The van der Waals surface area contributed by atoms with E-state index in [4.69, 9.17) is 10.2 Å². The molecule has 0 fully saturated rings. The summed E-state index contributed by atoms with van der Waals surface area (Å²) in [7, 11) is 0. The standard InChI is InChI=1S/C13H13F3N2OS/c1-8-7-19-12(18-8)20-10-3-2-9(4-5-17)11(6-10)13(14,15)16/h2-3,6-7H,4-5,17H2,1H3. The van der Waals surface area contributed by atoms with Gasteiger partial charge in [0.05, 0.1) is 11.3 Å². The molecule has 0 radical (unpaired) electrons. The Bertz CT molecular complexity index is 596. The van der Waals surface area contributed by atoms with Crippen molar-refractivity contribution in [3.05, 3.63) is 41.3 Å². The molecule has 0 aliphatic rings. The first-order chi connectivity index (χ1) is 9.40. The Hall–Kier alpha value is -1.47. The third-order valence-electron chi connectivity index (χ3n) is 2.60. The van der Waals surface area contributed by atoms with Crippen molar-refractivity contribution in [2.45, 2.75) is 29.6 Å². The molecule has 3 nitrogen and oxygen atoms in total. The number of oxazole rings is 1. The molecule has 1 heterocycles. The van der Waals surface area contributed by atoms with Gasteiger partial charge >= 0.3 is 6.18 Å². The summed E-state index contributed by atoms with van der Waals surface area (Å²) in [5.74, 6) is 0. The van der Waals surface area contributed by atoms with E-state index in [9.17, 15) is 13.2 Å². The van der Waals surface area contributed by atoms with Crippen LogP contribution in [0.3, 0.4) is 0 Å². The molecule has 0 saturated heterocycles. The van der Waals surface area contributed by atoms with Gasteiger partial charge in [0, 0.05) is 4.90 Å². The monoisotopic (exact) mass is 302 g/mol. The Morgan fingerprint density at radius 2 is 2.10 bits per heavy atom. The fraction of sp³-hybridized carbons (Fsp3) is 0.308. The van der Waals surface area contributed by atoms with Crippen molar-refractivity contribution in [2.75, 3.05) is 6.54 Å². The largest absolute Gasteiger partial charge is 0.439 e. The van der Waals surface area contributed by atoms with Crippen LogP contribution in [-0.4, -0.2) is 11.5 Å². The van der Waals surface area contributed by atoms with Gasteiger partial charge in [0.15, 0.2) is 0 Å². The SMILES string of the molecule is Cc1coc(Sc2ccc(CCN)c(C(F)(F)F)c2)n1. The van der Waals surface area contributed by atoms with Crippen LogP contribution >= 0.6 is 11.8 Å². The lowest BCUT2D eigenvalue weighted by atomic mass is 10.0. The summed E-state index contributed by atoms with van der Waals surface area (Å²) in [6.45, 7) is 1.92. The predicted octanol–water partition coefficient (Wildman–Crippen LogP) is 3.65. The van der Waals surface area contributed by atoms with Crippen LogP contribution in [-0.2, 0) is 12.6 Å². The number of benzene rings is 1. The molecule has 2 N–H and O–H groups in total. The lowest BCUT2D eigenvalue weighted by molar-refractivity contribution is -0.138. The summed E-state index contributed by atoms with van der Waals surface area (Å²) in [6, 6.07) is 4.17. The molecular formula is C13H13F3N2OS. The normalized spacial score (nSPS) is 11.8. The van der Waals surface area contributed by atoms with Gasteiger partial charge in [-0.3, -0.25) is 0 Å². The maximum Gasteiger partial charge on any atom is 0.416 e. The highest BCUT2D eigenvalue weighted by Crippen LogP contribution is 2.36. The fourth-order valence-electron chi connectivity index (χ4n) is 1.74.